The Hall–Kier alpha value is -3.67. The van der Waals surface area contributed by atoms with Crippen LogP contribution in [0, 0.1) is 0 Å². The molecule has 0 fully saturated rings. The molecule has 0 aliphatic carbocycles. The second-order valence-electron chi connectivity index (χ2n) is 6.58. The molecule has 140 valence electrons. The number of rotatable bonds is 6. The molecule has 4 rings (SSSR count). The summed E-state index contributed by atoms with van der Waals surface area (Å²) < 4.78 is 3.69. The quantitative estimate of drug-likeness (QED) is 0.566. The summed E-state index contributed by atoms with van der Waals surface area (Å²) in [5, 5.41) is 7.11. The van der Waals surface area contributed by atoms with Crippen LogP contribution in [0.3, 0.4) is 0 Å². The van der Waals surface area contributed by atoms with Gasteiger partial charge >= 0.3 is 0 Å². The number of hydrogen-bond donors (Lipinski definition) is 1. The maximum absolute atomic E-state index is 11.5. The molecule has 0 saturated carbocycles. The Morgan fingerprint density at radius 2 is 1.82 bits per heavy atom. The first-order valence-corrected chi connectivity index (χ1v) is 9.11. The number of aromatic nitrogens is 4. The van der Waals surface area contributed by atoms with E-state index in [1.54, 1.807) is 17.9 Å². The fourth-order valence-electron chi connectivity index (χ4n) is 3.08. The van der Waals surface area contributed by atoms with Gasteiger partial charge in [-0.1, -0.05) is 42.5 Å². The predicted molar refractivity (Wildman–Crippen MR) is 108 cm³/mol. The molecule has 0 unspecified atom stereocenters. The Labute approximate surface area is 163 Å². The molecule has 1 amide bonds. The van der Waals surface area contributed by atoms with Gasteiger partial charge in [-0.2, -0.15) is 5.10 Å². The summed E-state index contributed by atoms with van der Waals surface area (Å²) >= 11 is 0. The standard InChI is InChI=1S/C22H21N5O/c1-23-22(28)15-27-11-9-21(25-27)20-4-2-3-19(13-20)18-7-5-17(6-8-18)14-26-12-10-24-16-26/h2-13,16H,14-15H2,1H3,(H,23,28). The smallest absolute Gasteiger partial charge is 0.241 e. The topological polar surface area (TPSA) is 64.7 Å². The molecule has 1 N–H and O–H groups in total. The average molecular weight is 371 g/mol. The number of carbonyl (C=O) groups is 1. The van der Waals surface area contributed by atoms with E-state index in [0.29, 0.717) is 0 Å². The second kappa shape index (κ2) is 7.92. The second-order valence-corrected chi connectivity index (χ2v) is 6.58. The molecule has 6 nitrogen and oxygen atoms in total. The highest BCUT2D eigenvalue weighted by atomic mass is 16.1. The van der Waals surface area contributed by atoms with Gasteiger partial charge in [-0.15, -0.1) is 0 Å². The summed E-state index contributed by atoms with van der Waals surface area (Å²) in [4.78, 5) is 15.6. The number of likely N-dealkylation sites (N-methyl/N-ethyl adjacent to an activating group) is 1. The normalized spacial score (nSPS) is 10.8. The van der Waals surface area contributed by atoms with E-state index in [2.05, 4.69) is 51.8 Å². The van der Waals surface area contributed by atoms with Crippen molar-refractivity contribution in [3.8, 4) is 22.4 Å². The fourth-order valence-corrected chi connectivity index (χ4v) is 3.08. The number of nitrogens with one attached hydrogen (secondary N) is 1. The molecule has 0 saturated heterocycles. The van der Waals surface area contributed by atoms with Crippen molar-refractivity contribution in [2.75, 3.05) is 7.05 Å². The zero-order chi connectivity index (χ0) is 19.3. The van der Waals surface area contributed by atoms with Gasteiger partial charge in [0.1, 0.15) is 6.54 Å². The number of carbonyl (C=O) groups excluding carboxylic acids is 1. The van der Waals surface area contributed by atoms with E-state index in [0.717, 1.165) is 28.9 Å². The molecule has 6 heteroatoms. The van der Waals surface area contributed by atoms with E-state index in [1.165, 1.54) is 5.56 Å². The number of benzene rings is 2. The van der Waals surface area contributed by atoms with E-state index >= 15 is 0 Å². The number of imidazole rings is 1. The van der Waals surface area contributed by atoms with Gasteiger partial charge in [0.25, 0.3) is 0 Å². The Balaban J connectivity index is 1.53. The molecular formula is C22H21N5O. The Bertz CT molecular complexity index is 1060. The Morgan fingerprint density at radius 3 is 2.57 bits per heavy atom. The van der Waals surface area contributed by atoms with E-state index in [-0.39, 0.29) is 12.5 Å². The van der Waals surface area contributed by atoms with Gasteiger partial charge in [-0.25, -0.2) is 4.98 Å². The van der Waals surface area contributed by atoms with Crippen LogP contribution in [0.1, 0.15) is 5.56 Å². The van der Waals surface area contributed by atoms with E-state index < -0.39 is 0 Å². The van der Waals surface area contributed by atoms with Crippen molar-refractivity contribution >= 4 is 5.91 Å². The van der Waals surface area contributed by atoms with Gasteiger partial charge in [-0.05, 0) is 28.8 Å². The van der Waals surface area contributed by atoms with Crippen molar-refractivity contribution < 1.29 is 4.79 Å². The molecule has 2 heterocycles. The minimum absolute atomic E-state index is 0.0702. The molecule has 2 aromatic heterocycles. The zero-order valence-corrected chi connectivity index (χ0v) is 15.6. The van der Waals surface area contributed by atoms with Crippen LogP contribution in [0.2, 0.25) is 0 Å². The van der Waals surface area contributed by atoms with Crippen LogP contribution in [-0.4, -0.2) is 32.3 Å². The molecule has 0 aliphatic heterocycles. The van der Waals surface area contributed by atoms with Gasteiger partial charge in [0.05, 0.1) is 12.0 Å². The van der Waals surface area contributed by atoms with Crippen LogP contribution in [0.25, 0.3) is 22.4 Å². The molecule has 2 aromatic carbocycles. The van der Waals surface area contributed by atoms with Crippen LogP contribution in [-0.2, 0) is 17.9 Å². The monoisotopic (exact) mass is 371 g/mol. The summed E-state index contributed by atoms with van der Waals surface area (Å²) in [5.74, 6) is -0.0702. The van der Waals surface area contributed by atoms with Crippen molar-refractivity contribution in [1.29, 1.82) is 0 Å². The van der Waals surface area contributed by atoms with Gasteiger partial charge in [0, 0.05) is 37.7 Å². The SMILES string of the molecule is CNC(=O)Cn1ccc(-c2cccc(-c3ccc(Cn4ccnc4)cc3)c2)n1. The van der Waals surface area contributed by atoms with Crippen LogP contribution in [0.5, 0.6) is 0 Å². The first-order chi connectivity index (χ1) is 13.7. The van der Waals surface area contributed by atoms with Gasteiger partial charge in [0.2, 0.25) is 5.91 Å². The highest BCUT2D eigenvalue weighted by Gasteiger charge is 2.07. The van der Waals surface area contributed by atoms with E-state index in [9.17, 15) is 4.79 Å². The predicted octanol–water partition coefficient (Wildman–Crippen LogP) is 3.21. The zero-order valence-electron chi connectivity index (χ0n) is 15.6. The Morgan fingerprint density at radius 1 is 1.00 bits per heavy atom. The molecule has 4 aromatic rings. The van der Waals surface area contributed by atoms with Gasteiger partial charge in [0.15, 0.2) is 0 Å². The number of amides is 1. The first kappa shape index (κ1) is 17.7. The summed E-state index contributed by atoms with van der Waals surface area (Å²) in [6.45, 7) is 1.03. The maximum atomic E-state index is 11.5. The van der Waals surface area contributed by atoms with E-state index in [1.807, 2.05) is 41.5 Å². The van der Waals surface area contributed by atoms with Crippen LogP contribution in [0.4, 0.5) is 0 Å². The Kier molecular flexibility index (Phi) is 5.01. The van der Waals surface area contributed by atoms with Gasteiger partial charge in [-0.3, -0.25) is 9.48 Å². The molecule has 0 aliphatic rings. The largest absolute Gasteiger partial charge is 0.358 e. The molecular weight excluding hydrogens is 350 g/mol. The van der Waals surface area contributed by atoms with Crippen molar-refractivity contribution in [2.24, 2.45) is 0 Å². The highest BCUT2D eigenvalue weighted by molar-refractivity contribution is 5.75. The highest BCUT2D eigenvalue weighted by Crippen LogP contribution is 2.26. The summed E-state index contributed by atoms with van der Waals surface area (Å²) in [6.07, 6.45) is 7.39. The lowest BCUT2D eigenvalue weighted by Gasteiger charge is -2.07. The third-order valence-corrected chi connectivity index (χ3v) is 4.60. The molecule has 0 bridgehead atoms. The fraction of sp³-hybridized carbons (Fsp3) is 0.136. The van der Waals surface area contributed by atoms with Crippen molar-refractivity contribution in [3.05, 3.63) is 85.1 Å². The van der Waals surface area contributed by atoms with Crippen molar-refractivity contribution in [2.45, 2.75) is 13.1 Å². The molecule has 0 atom stereocenters. The van der Waals surface area contributed by atoms with Gasteiger partial charge < -0.3 is 9.88 Å². The maximum Gasteiger partial charge on any atom is 0.241 e. The average Bonchev–Trinajstić information content (AvgIpc) is 3.41. The van der Waals surface area contributed by atoms with Crippen LogP contribution < -0.4 is 5.32 Å². The molecule has 0 spiro atoms. The molecule has 28 heavy (non-hydrogen) atoms. The van der Waals surface area contributed by atoms with Crippen LogP contribution in [0.15, 0.2) is 79.5 Å². The minimum Gasteiger partial charge on any atom is -0.358 e. The van der Waals surface area contributed by atoms with Crippen molar-refractivity contribution in [1.82, 2.24) is 24.6 Å². The third-order valence-electron chi connectivity index (χ3n) is 4.60. The van der Waals surface area contributed by atoms with Crippen LogP contribution >= 0.6 is 0 Å². The lowest BCUT2D eigenvalue weighted by atomic mass is 10.0. The molecule has 0 radical (unpaired) electrons. The lowest BCUT2D eigenvalue weighted by molar-refractivity contribution is -0.121. The number of hydrogen-bond acceptors (Lipinski definition) is 3. The summed E-state index contributed by atoms with van der Waals surface area (Å²) in [5.41, 5.74) is 5.39. The summed E-state index contributed by atoms with van der Waals surface area (Å²) in [6, 6.07) is 18.8. The van der Waals surface area contributed by atoms with Crippen molar-refractivity contribution in [3.63, 3.8) is 0 Å². The minimum atomic E-state index is -0.0702. The number of nitrogens with zero attached hydrogens (tertiary/aromatic N) is 4. The summed E-state index contributed by atoms with van der Waals surface area (Å²) in [7, 11) is 1.62. The first-order valence-electron chi connectivity index (χ1n) is 9.11. The third kappa shape index (κ3) is 4.01. The lowest BCUT2D eigenvalue weighted by Crippen LogP contribution is -2.23. The van der Waals surface area contributed by atoms with E-state index in [4.69, 9.17) is 0 Å².